The van der Waals surface area contributed by atoms with Gasteiger partial charge in [-0.05, 0) is 35.7 Å². The van der Waals surface area contributed by atoms with Crippen molar-refractivity contribution in [1.29, 1.82) is 0 Å². The first-order valence-electron chi connectivity index (χ1n) is 8.02. The first-order chi connectivity index (χ1) is 12.8. The number of carbonyl (C=O) groups is 1. The zero-order valence-corrected chi connectivity index (χ0v) is 17.0. The maximum Gasteiger partial charge on any atom is 0.338 e. The molecule has 140 valence electrons. The van der Waals surface area contributed by atoms with E-state index in [1.807, 2.05) is 18.2 Å². The van der Waals surface area contributed by atoms with Crippen molar-refractivity contribution in [1.82, 2.24) is 4.98 Å². The van der Waals surface area contributed by atoms with Crippen molar-refractivity contribution in [2.75, 3.05) is 12.9 Å². The Morgan fingerprint density at radius 2 is 1.93 bits per heavy atom. The molecule has 0 radical (unpaired) electrons. The van der Waals surface area contributed by atoms with Crippen LogP contribution >= 0.6 is 15.9 Å². The molecule has 0 unspecified atom stereocenters. The van der Waals surface area contributed by atoms with Gasteiger partial charge in [-0.25, -0.2) is 18.2 Å². The SMILES string of the molecule is CCS(=O)(=O)c1ccc(Oc2cc(C(=O)OC)cc3ccc(Br)cc23)nc1. The number of hydrogen-bond donors (Lipinski definition) is 0. The largest absolute Gasteiger partial charge is 0.465 e. The highest BCUT2D eigenvalue weighted by atomic mass is 79.9. The molecule has 2 aromatic carbocycles. The van der Waals surface area contributed by atoms with Gasteiger partial charge in [0.25, 0.3) is 0 Å². The second kappa shape index (κ2) is 7.66. The molecule has 0 N–H and O–H groups in total. The number of ether oxygens (including phenoxy) is 2. The first kappa shape index (κ1) is 19.3. The number of hydrogen-bond acceptors (Lipinski definition) is 6. The fourth-order valence-corrected chi connectivity index (χ4v) is 3.69. The number of pyridine rings is 1. The van der Waals surface area contributed by atoms with Crippen LogP contribution in [-0.4, -0.2) is 32.2 Å². The zero-order valence-electron chi connectivity index (χ0n) is 14.6. The summed E-state index contributed by atoms with van der Waals surface area (Å²) in [5, 5.41) is 1.56. The van der Waals surface area contributed by atoms with Gasteiger partial charge in [0, 0.05) is 22.1 Å². The molecule has 0 spiro atoms. The minimum absolute atomic E-state index is 0.00524. The van der Waals surface area contributed by atoms with E-state index in [0.29, 0.717) is 11.3 Å². The van der Waals surface area contributed by atoms with Crippen LogP contribution in [0, 0.1) is 0 Å². The van der Waals surface area contributed by atoms with Gasteiger partial charge in [0.1, 0.15) is 5.75 Å². The van der Waals surface area contributed by atoms with Crippen molar-refractivity contribution >= 4 is 42.5 Å². The Morgan fingerprint density at radius 1 is 1.15 bits per heavy atom. The Labute approximate surface area is 165 Å². The average molecular weight is 450 g/mol. The lowest BCUT2D eigenvalue weighted by atomic mass is 10.1. The van der Waals surface area contributed by atoms with Crippen LogP contribution < -0.4 is 4.74 Å². The Balaban J connectivity index is 2.05. The molecule has 1 heterocycles. The number of benzene rings is 2. The number of esters is 1. The van der Waals surface area contributed by atoms with E-state index in [4.69, 9.17) is 9.47 Å². The molecule has 27 heavy (non-hydrogen) atoms. The van der Waals surface area contributed by atoms with E-state index in [1.165, 1.54) is 25.4 Å². The summed E-state index contributed by atoms with van der Waals surface area (Å²) in [5.74, 6) is 0.137. The Hall–Kier alpha value is -2.45. The summed E-state index contributed by atoms with van der Waals surface area (Å²) in [7, 11) is -2.03. The number of sulfone groups is 1. The molecule has 6 nitrogen and oxygen atoms in total. The van der Waals surface area contributed by atoms with Crippen LogP contribution in [0.1, 0.15) is 17.3 Å². The molecular formula is C19H16BrNO5S. The third-order valence-corrected chi connectivity index (χ3v) is 6.18. The number of methoxy groups -OCH3 is 1. The molecule has 3 rings (SSSR count). The smallest absolute Gasteiger partial charge is 0.338 e. The van der Waals surface area contributed by atoms with Gasteiger partial charge in [0.15, 0.2) is 9.84 Å². The fourth-order valence-electron chi connectivity index (χ4n) is 2.51. The molecule has 0 aliphatic heterocycles. The van der Waals surface area contributed by atoms with E-state index in [-0.39, 0.29) is 16.5 Å². The fraction of sp³-hybridized carbons (Fsp3) is 0.158. The molecule has 0 fully saturated rings. The summed E-state index contributed by atoms with van der Waals surface area (Å²) in [6, 6.07) is 11.8. The molecule has 0 aliphatic carbocycles. The predicted octanol–water partition coefficient (Wildman–Crippen LogP) is 4.37. The monoisotopic (exact) mass is 449 g/mol. The maximum atomic E-state index is 11.9. The quantitative estimate of drug-likeness (QED) is 0.537. The third-order valence-electron chi connectivity index (χ3n) is 3.96. The van der Waals surface area contributed by atoms with E-state index in [0.717, 1.165) is 15.2 Å². The minimum atomic E-state index is -3.33. The number of nitrogens with zero attached hydrogens (tertiary/aromatic N) is 1. The van der Waals surface area contributed by atoms with Gasteiger partial charge in [-0.15, -0.1) is 0 Å². The highest BCUT2D eigenvalue weighted by Crippen LogP contribution is 2.33. The lowest BCUT2D eigenvalue weighted by Gasteiger charge is -2.11. The number of fused-ring (bicyclic) bond motifs is 1. The van der Waals surface area contributed by atoms with Crippen molar-refractivity contribution in [2.45, 2.75) is 11.8 Å². The highest BCUT2D eigenvalue weighted by Gasteiger charge is 2.15. The summed E-state index contributed by atoms with van der Waals surface area (Å²) in [6.45, 7) is 1.57. The van der Waals surface area contributed by atoms with Crippen molar-refractivity contribution in [2.24, 2.45) is 0 Å². The maximum absolute atomic E-state index is 11.9. The van der Waals surface area contributed by atoms with Crippen LogP contribution in [-0.2, 0) is 14.6 Å². The Bertz CT molecular complexity index is 1110. The predicted molar refractivity (Wildman–Crippen MR) is 105 cm³/mol. The molecule has 3 aromatic rings. The third kappa shape index (κ3) is 4.12. The van der Waals surface area contributed by atoms with E-state index in [2.05, 4.69) is 20.9 Å². The van der Waals surface area contributed by atoms with Crippen LogP contribution in [0.4, 0.5) is 0 Å². The molecule has 1 aromatic heterocycles. The Morgan fingerprint density at radius 3 is 2.56 bits per heavy atom. The number of aromatic nitrogens is 1. The van der Waals surface area contributed by atoms with Crippen LogP contribution in [0.2, 0.25) is 0 Å². The molecule has 0 atom stereocenters. The number of halogens is 1. The van der Waals surface area contributed by atoms with Crippen molar-refractivity contribution < 1.29 is 22.7 Å². The van der Waals surface area contributed by atoms with Crippen LogP contribution in [0.3, 0.4) is 0 Å². The highest BCUT2D eigenvalue weighted by molar-refractivity contribution is 9.10. The van der Waals surface area contributed by atoms with Crippen molar-refractivity contribution in [3.8, 4) is 11.6 Å². The standard InChI is InChI=1S/C19H16BrNO5S/c1-3-27(23,24)15-6-7-18(21-11-15)26-17-9-13(19(22)25-2)8-12-4-5-14(20)10-16(12)17/h4-11H,3H2,1-2H3. The van der Waals surface area contributed by atoms with E-state index < -0.39 is 15.8 Å². The van der Waals surface area contributed by atoms with Crippen molar-refractivity contribution in [3.63, 3.8) is 0 Å². The van der Waals surface area contributed by atoms with Gasteiger partial charge in [-0.3, -0.25) is 0 Å². The van der Waals surface area contributed by atoms with E-state index in [9.17, 15) is 13.2 Å². The summed E-state index contributed by atoms with van der Waals surface area (Å²) in [5.41, 5.74) is 0.340. The summed E-state index contributed by atoms with van der Waals surface area (Å²) >= 11 is 3.42. The second-order valence-electron chi connectivity index (χ2n) is 5.67. The van der Waals surface area contributed by atoms with Gasteiger partial charge in [0.2, 0.25) is 5.88 Å². The zero-order chi connectivity index (χ0) is 19.6. The first-order valence-corrected chi connectivity index (χ1v) is 10.5. The molecular weight excluding hydrogens is 434 g/mol. The molecule has 0 bridgehead atoms. The van der Waals surface area contributed by atoms with E-state index >= 15 is 0 Å². The molecule has 0 amide bonds. The molecule has 0 saturated carbocycles. The van der Waals surface area contributed by atoms with Gasteiger partial charge < -0.3 is 9.47 Å². The minimum Gasteiger partial charge on any atom is -0.465 e. The lowest BCUT2D eigenvalue weighted by Crippen LogP contribution is -2.04. The molecule has 8 heteroatoms. The van der Waals surface area contributed by atoms with E-state index in [1.54, 1.807) is 19.1 Å². The van der Waals surface area contributed by atoms with Crippen molar-refractivity contribution in [3.05, 3.63) is 58.7 Å². The summed E-state index contributed by atoms with van der Waals surface area (Å²) < 4.78 is 35.3. The number of rotatable bonds is 5. The molecule has 0 saturated heterocycles. The van der Waals surface area contributed by atoms with Gasteiger partial charge in [0.05, 0.1) is 23.3 Å². The summed E-state index contributed by atoms with van der Waals surface area (Å²) in [6.07, 6.45) is 1.26. The van der Waals surface area contributed by atoms with Gasteiger partial charge in [-0.1, -0.05) is 28.9 Å². The second-order valence-corrected chi connectivity index (χ2v) is 8.86. The molecule has 0 aliphatic rings. The topological polar surface area (TPSA) is 82.6 Å². The van der Waals surface area contributed by atoms with Crippen LogP contribution in [0.15, 0.2) is 58.0 Å². The van der Waals surface area contributed by atoms with Gasteiger partial charge in [-0.2, -0.15) is 0 Å². The van der Waals surface area contributed by atoms with Crippen LogP contribution in [0.5, 0.6) is 11.6 Å². The number of carbonyl (C=O) groups excluding carboxylic acids is 1. The average Bonchev–Trinajstić information content (AvgIpc) is 2.68. The normalized spacial score (nSPS) is 11.4. The van der Waals surface area contributed by atoms with Crippen LogP contribution in [0.25, 0.3) is 10.8 Å². The van der Waals surface area contributed by atoms with Gasteiger partial charge >= 0.3 is 5.97 Å². The Kier molecular flexibility index (Phi) is 5.48. The lowest BCUT2D eigenvalue weighted by molar-refractivity contribution is 0.0600. The summed E-state index contributed by atoms with van der Waals surface area (Å²) in [4.78, 5) is 16.2.